The van der Waals surface area contributed by atoms with Crippen molar-refractivity contribution in [1.82, 2.24) is 9.97 Å². The number of amides is 1. The van der Waals surface area contributed by atoms with Crippen molar-refractivity contribution >= 4 is 34.9 Å². The Kier molecular flexibility index (Phi) is 5.78. The Hall–Kier alpha value is -2.85. The normalized spacial score (nSPS) is 12.6. The number of carbonyl (C=O) groups excluding carboxylic acids is 2. The molecule has 1 N–H and O–H groups in total. The molecule has 2 rings (SSSR count). The highest BCUT2D eigenvalue weighted by molar-refractivity contribution is 7.12. The van der Waals surface area contributed by atoms with Crippen LogP contribution in [0.2, 0.25) is 0 Å². The van der Waals surface area contributed by atoms with Gasteiger partial charge in [-0.05, 0) is 24.3 Å². The molecule has 2 aromatic heterocycles. The molecule has 0 aromatic carbocycles. The summed E-state index contributed by atoms with van der Waals surface area (Å²) in [7, 11) is 0. The highest BCUT2D eigenvalue weighted by atomic mass is 32.1. The topological polar surface area (TPSA) is 95.7 Å². The number of allylic oxidation sites excluding steroid dienone is 1. The Labute approximate surface area is 150 Å². The lowest BCUT2D eigenvalue weighted by Crippen LogP contribution is -2.27. The predicted octanol–water partition coefficient (Wildman–Crippen LogP) is 3.20. The van der Waals surface area contributed by atoms with E-state index in [-0.39, 0.29) is 5.41 Å². The molecular formula is C18H18N4O2S. The van der Waals surface area contributed by atoms with Gasteiger partial charge in [0.1, 0.15) is 5.82 Å². The highest BCUT2D eigenvalue weighted by Gasteiger charge is 2.25. The van der Waals surface area contributed by atoms with Gasteiger partial charge in [0.25, 0.3) is 5.91 Å². The molecule has 128 valence electrons. The van der Waals surface area contributed by atoms with Gasteiger partial charge in [-0.3, -0.25) is 9.59 Å². The summed E-state index contributed by atoms with van der Waals surface area (Å²) in [6.45, 7) is 6.16. The van der Waals surface area contributed by atoms with Gasteiger partial charge in [0.05, 0.1) is 11.1 Å². The molecule has 0 saturated carbocycles. The number of carbonyl (C=O) groups is 2. The Bertz CT molecular complexity index is 829. The Balaban J connectivity index is 2.05. The van der Waals surface area contributed by atoms with Gasteiger partial charge < -0.3 is 5.32 Å². The zero-order chi connectivity index (χ0) is 18.4. The van der Waals surface area contributed by atoms with Crippen LogP contribution >= 0.6 is 11.3 Å². The smallest absolute Gasteiger partial charge is 0.250 e. The lowest BCUT2D eigenvalue weighted by atomic mass is 9.98. The van der Waals surface area contributed by atoms with Gasteiger partial charge in [-0.25, -0.2) is 9.97 Å². The number of pyridine rings is 1. The van der Waals surface area contributed by atoms with Crippen LogP contribution in [0.1, 0.15) is 30.7 Å². The van der Waals surface area contributed by atoms with Gasteiger partial charge in [0.15, 0.2) is 11.7 Å². The second kappa shape index (κ2) is 7.81. The molecule has 0 spiro atoms. The summed E-state index contributed by atoms with van der Waals surface area (Å²) >= 11 is 1.47. The average Bonchev–Trinajstić information content (AvgIpc) is 3.04. The molecule has 1 unspecified atom stereocenters. The molecule has 0 aliphatic rings. The number of hydrogen-bond acceptors (Lipinski definition) is 6. The molecule has 0 aliphatic heterocycles. The molecule has 2 heterocycles. The summed E-state index contributed by atoms with van der Waals surface area (Å²) in [6.07, 6.45) is 6.00. The molecule has 0 fully saturated rings. The minimum absolute atomic E-state index is 0.0709. The van der Waals surface area contributed by atoms with Crippen molar-refractivity contribution in [2.45, 2.75) is 26.2 Å². The number of anilines is 1. The highest BCUT2D eigenvalue weighted by Crippen LogP contribution is 2.27. The molecule has 0 aliphatic carbocycles. The third-order valence-electron chi connectivity index (χ3n) is 3.17. The molecule has 25 heavy (non-hydrogen) atoms. The molecule has 1 atom stereocenters. The molecule has 0 bridgehead atoms. The van der Waals surface area contributed by atoms with Crippen LogP contribution in [0.3, 0.4) is 0 Å². The molecular weight excluding hydrogens is 336 g/mol. The molecule has 7 heteroatoms. The van der Waals surface area contributed by atoms with Crippen molar-refractivity contribution in [2.75, 3.05) is 5.32 Å². The van der Waals surface area contributed by atoms with Gasteiger partial charge >= 0.3 is 0 Å². The first-order valence-electron chi connectivity index (χ1n) is 7.61. The van der Waals surface area contributed by atoms with Gasteiger partial charge in [0.2, 0.25) is 0 Å². The second-order valence-corrected chi connectivity index (χ2v) is 7.38. The zero-order valence-electron chi connectivity index (χ0n) is 14.2. The lowest BCUT2D eigenvalue weighted by Gasteiger charge is -2.13. The first-order valence-corrected chi connectivity index (χ1v) is 8.42. The van der Waals surface area contributed by atoms with E-state index in [1.165, 1.54) is 23.6 Å². The second-order valence-electron chi connectivity index (χ2n) is 6.32. The third kappa shape index (κ3) is 5.06. The van der Waals surface area contributed by atoms with Gasteiger partial charge in [-0.15, -0.1) is 11.3 Å². The van der Waals surface area contributed by atoms with E-state index in [4.69, 9.17) is 5.26 Å². The lowest BCUT2D eigenvalue weighted by molar-refractivity contribution is -0.126. The number of thiazole rings is 1. The van der Waals surface area contributed by atoms with E-state index < -0.39 is 17.6 Å². The molecule has 0 radical (unpaired) electrons. The summed E-state index contributed by atoms with van der Waals surface area (Å²) in [4.78, 5) is 33.3. The van der Waals surface area contributed by atoms with Crippen LogP contribution in [0.15, 0.2) is 36.7 Å². The summed E-state index contributed by atoms with van der Waals surface area (Å²) in [5.41, 5.74) is -0.0709. The number of aromatic nitrogens is 2. The predicted molar refractivity (Wildman–Crippen MR) is 96.8 cm³/mol. The Morgan fingerprint density at radius 2 is 2.08 bits per heavy atom. The van der Waals surface area contributed by atoms with Crippen molar-refractivity contribution in [3.05, 3.63) is 46.6 Å². The Morgan fingerprint density at radius 3 is 2.64 bits per heavy atom. The van der Waals surface area contributed by atoms with Crippen molar-refractivity contribution in [2.24, 2.45) is 5.92 Å². The molecule has 0 saturated heterocycles. The maximum Gasteiger partial charge on any atom is 0.250 e. The Morgan fingerprint density at radius 1 is 1.32 bits per heavy atom. The van der Waals surface area contributed by atoms with Gasteiger partial charge in [-0.1, -0.05) is 26.8 Å². The monoisotopic (exact) mass is 354 g/mol. The van der Waals surface area contributed by atoms with E-state index in [0.717, 1.165) is 9.88 Å². The fourth-order valence-corrected chi connectivity index (χ4v) is 2.73. The van der Waals surface area contributed by atoms with Crippen LogP contribution in [0.5, 0.6) is 0 Å². The summed E-state index contributed by atoms with van der Waals surface area (Å²) in [5.74, 6) is -2.41. The first kappa shape index (κ1) is 18.5. The quantitative estimate of drug-likeness (QED) is 0.657. The molecule has 1 amide bonds. The summed E-state index contributed by atoms with van der Waals surface area (Å²) < 4.78 is 0. The number of nitrogens with zero attached hydrogens (tertiary/aromatic N) is 3. The fraction of sp³-hybridized carbons (Fsp3) is 0.278. The van der Waals surface area contributed by atoms with Crippen molar-refractivity contribution in [3.8, 4) is 6.07 Å². The van der Waals surface area contributed by atoms with E-state index in [9.17, 15) is 9.59 Å². The van der Waals surface area contributed by atoms with Crippen LogP contribution in [-0.4, -0.2) is 21.7 Å². The van der Waals surface area contributed by atoms with Crippen LogP contribution in [0, 0.1) is 17.2 Å². The van der Waals surface area contributed by atoms with Gasteiger partial charge in [-0.2, -0.15) is 5.26 Å². The van der Waals surface area contributed by atoms with Crippen molar-refractivity contribution < 1.29 is 9.59 Å². The maximum atomic E-state index is 12.2. The molecule has 6 nitrogen and oxygen atoms in total. The summed E-state index contributed by atoms with van der Waals surface area (Å²) in [6, 6.07) is 6.71. The number of nitriles is 1. The minimum atomic E-state index is -1.42. The van der Waals surface area contributed by atoms with E-state index >= 15 is 0 Å². The SMILES string of the molecule is CC(C)(C)c1ncc(/C=C/C(=O)C(C#N)C(=O)Nc2ccccn2)s1. The van der Waals surface area contributed by atoms with Gasteiger partial charge in [0, 0.05) is 22.7 Å². The van der Waals surface area contributed by atoms with Crippen LogP contribution in [-0.2, 0) is 15.0 Å². The zero-order valence-corrected chi connectivity index (χ0v) is 15.0. The standard InChI is InChI=1S/C18H18N4O2S/c1-18(2,3)17-21-11-12(25-17)7-8-14(23)13(10-19)16(24)22-15-6-4-5-9-20-15/h4-9,11,13H,1-3H3,(H,20,22,24)/b8-7+. The maximum absolute atomic E-state index is 12.2. The van der Waals surface area contributed by atoms with E-state index in [1.54, 1.807) is 36.5 Å². The minimum Gasteiger partial charge on any atom is -0.309 e. The number of rotatable bonds is 5. The van der Waals surface area contributed by atoms with Crippen molar-refractivity contribution in [1.29, 1.82) is 5.26 Å². The number of ketones is 1. The van der Waals surface area contributed by atoms with Crippen LogP contribution < -0.4 is 5.32 Å². The largest absolute Gasteiger partial charge is 0.309 e. The number of nitrogens with one attached hydrogen (secondary N) is 1. The van der Waals surface area contributed by atoms with Crippen LogP contribution in [0.25, 0.3) is 6.08 Å². The van der Waals surface area contributed by atoms with E-state index in [1.807, 2.05) is 0 Å². The third-order valence-corrected chi connectivity index (χ3v) is 4.56. The van der Waals surface area contributed by atoms with Crippen LogP contribution in [0.4, 0.5) is 5.82 Å². The van der Waals surface area contributed by atoms with E-state index in [2.05, 4.69) is 36.1 Å². The molecule has 2 aromatic rings. The summed E-state index contributed by atoms with van der Waals surface area (Å²) in [5, 5.41) is 12.6. The number of hydrogen-bond donors (Lipinski definition) is 1. The first-order chi connectivity index (χ1) is 11.8. The average molecular weight is 354 g/mol. The van der Waals surface area contributed by atoms with Crippen molar-refractivity contribution in [3.63, 3.8) is 0 Å². The fourth-order valence-electron chi connectivity index (χ4n) is 1.86. The van der Waals surface area contributed by atoms with E-state index in [0.29, 0.717) is 5.82 Å².